The van der Waals surface area contributed by atoms with Crippen LogP contribution in [0.25, 0.3) is 5.69 Å². The Labute approximate surface area is 144 Å². The minimum Gasteiger partial charge on any atom is -0.464 e. The average Bonchev–Trinajstić information content (AvgIpc) is 3.30. The Balaban J connectivity index is 1.78. The zero-order valence-corrected chi connectivity index (χ0v) is 13.7. The molecule has 1 aromatic heterocycles. The van der Waals surface area contributed by atoms with Gasteiger partial charge in [-0.3, -0.25) is 0 Å². The van der Waals surface area contributed by atoms with Gasteiger partial charge in [-0.05, 0) is 25.0 Å². The topological polar surface area (TPSA) is 99.5 Å². The van der Waals surface area contributed by atoms with E-state index in [1.54, 1.807) is 22.8 Å². The number of anilines is 1. The molecule has 2 heterocycles. The van der Waals surface area contributed by atoms with Crippen LogP contribution in [0.5, 0.6) is 11.5 Å². The Bertz CT molecular complexity index is 904. The molecule has 7 heteroatoms. The van der Waals surface area contributed by atoms with Gasteiger partial charge in [-0.1, -0.05) is 0 Å². The maximum Gasteiger partial charge on any atom is 0.357 e. The van der Waals surface area contributed by atoms with Crippen molar-refractivity contribution in [2.45, 2.75) is 31.5 Å². The van der Waals surface area contributed by atoms with Gasteiger partial charge in [0.1, 0.15) is 6.07 Å². The number of nitrogens with two attached hydrogens (primary N) is 1. The molecule has 0 unspecified atom stereocenters. The number of hydrogen-bond acceptors (Lipinski definition) is 6. The van der Waals surface area contributed by atoms with E-state index in [9.17, 15) is 10.1 Å². The van der Waals surface area contributed by atoms with Crippen molar-refractivity contribution in [1.29, 1.82) is 5.26 Å². The molecule has 1 aromatic carbocycles. The van der Waals surface area contributed by atoms with Crippen LogP contribution in [0.2, 0.25) is 0 Å². The van der Waals surface area contributed by atoms with Crippen LogP contribution in [-0.4, -0.2) is 23.4 Å². The van der Waals surface area contributed by atoms with Crippen LogP contribution in [-0.2, 0) is 4.74 Å². The highest BCUT2D eigenvalue weighted by Crippen LogP contribution is 2.47. The highest BCUT2D eigenvalue weighted by molar-refractivity contribution is 5.96. The molecule has 1 spiro atoms. The lowest BCUT2D eigenvalue weighted by atomic mass is 10.2. The molecular formula is C18H17N3O4. The summed E-state index contributed by atoms with van der Waals surface area (Å²) in [6.45, 7) is 0. The number of benzene rings is 1. The second kappa shape index (κ2) is 5.45. The summed E-state index contributed by atoms with van der Waals surface area (Å²) in [5, 5.41) is 9.21. The van der Waals surface area contributed by atoms with E-state index in [2.05, 4.69) is 0 Å². The number of aromatic nitrogens is 1. The van der Waals surface area contributed by atoms with Crippen LogP contribution < -0.4 is 15.2 Å². The van der Waals surface area contributed by atoms with Gasteiger partial charge in [0.05, 0.1) is 18.4 Å². The van der Waals surface area contributed by atoms with Crippen molar-refractivity contribution < 1.29 is 19.0 Å². The van der Waals surface area contributed by atoms with Gasteiger partial charge in [-0.25, -0.2) is 4.79 Å². The van der Waals surface area contributed by atoms with Gasteiger partial charge in [0, 0.05) is 30.8 Å². The second-order valence-electron chi connectivity index (χ2n) is 6.23. The number of fused-ring (bicyclic) bond motifs is 1. The number of hydrogen-bond donors (Lipinski definition) is 1. The lowest BCUT2D eigenvalue weighted by Gasteiger charge is -2.21. The summed E-state index contributed by atoms with van der Waals surface area (Å²) >= 11 is 0. The molecule has 1 aliphatic carbocycles. The molecule has 0 saturated heterocycles. The average molecular weight is 339 g/mol. The lowest BCUT2D eigenvalue weighted by Crippen LogP contribution is -2.34. The van der Waals surface area contributed by atoms with Crippen LogP contribution in [0.3, 0.4) is 0 Å². The number of carbonyl (C=O) groups is 1. The summed E-state index contributed by atoms with van der Waals surface area (Å²) in [5.74, 6) is 0.149. The van der Waals surface area contributed by atoms with E-state index < -0.39 is 11.8 Å². The van der Waals surface area contributed by atoms with Gasteiger partial charge < -0.3 is 24.5 Å². The summed E-state index contributed by atoms with van der Waals surface area (Å²) in [6, 6.07) is 7.38. The van der Waals surface area contributed by atoms with E-state index in [1.807, 2.05) is 6.07 Å². The molecule has 0 bridgehead atoms. The number of ether oxygens (including phenoxy) is 3. The van der Waals surface area contributed by atoms with Crippen LogP contribution >= 0.6 is 0 Å². The predicted octanol–water partition coefficient (Wildman–Crippen LogP) is 2.76. The molecule has 0 atom stereocenters. The molecule has 0 radical (unpaired) electrons. The van der Waals surface area contributed by atoms with E-state index in [0.29, 0.717) is 17.2 Å². The van der Waals surface area contributed by atoms with Crippen molar-refractivity contribution in [1.82, 2.24) is 4.57 Å². The molecule has 2 aliphatic rings. The van der Waals surface area contributed by atoms with Gasteiger partial charge in [-0.15, -0.1) is 0 Å². The van der Waals surface area contributed by atoms with Crippen molar-refractivity contribution in [3.63, 3.8) is 0 Å². The van der Waals surface area contributed by atoms with Crippen LogP contribution in [0.4, 0.5) is 5.69 Å². The Morgan fingerprint density at radius 1 is 1.32 bits per heavy atom. The molecule has 2 N–H and O–H groups in total. The van der Waals surface area contributed by atoms with E-state index >= 15 is 0 Å². The number of nitriles is 1. The maximum absolute atomic E-state index is 12.1. The number of methoxy groups -OCH3 is 1. The number of esters is 1. The van der Waals surface area contributed by atoms with Gasteiger partial charge >= 0.3 is 5.97 Å². The fraction of sp³-hybridized carbons (Fsp3) is 0.333. The molecule has 25 heavy (non-hydrogen) atoms. The number of carbonyl (C=O) groups excluding carboxylic acids is 1. The minimum atomic E-state index is -0.607. The normalized spacial score (nSPS) is 16.8. The van der Waals surface area contributed by atoms with Crippen LogP contribution in [0.15, 0.2) is 24.4 Å². The summed E-state index contributed by atoms with van der Waals surface area (Å²) in [6.07, 6.45) is 5.39. The van der Waals surface area contributed by atoms with Crippen molar-refractivity contribution in [2.24, 2.45) is 0 Å². The Hall–Kier alpha value is -3.14. The predicted molar refractivity (Wildman–Crippen MR) is 88.7 cm³/mol. The number of nitrogens with zero attached hydrogens (tertiary/aromatic N) is 2. The van der Waals surface area contributed by atoms with E-state index in [1.165, 1.54) is 13.3 Å². The SMILES string of the molecule is COC(=O)c1c(N)c(C#N)cn1-c1ccc2c(c1)OC1(CCCC1)O2. The first kappa shape index (κ1) is 15.4. The largest absolute Gasteiger partial charge is 0.464 e. The third-order valence-electron chi connectivity index (χ3n) is 4.71. The Kier molecular flexibility index (Phi) is 3.35. The van der Waals surface area contributed by atoms with E-state index in [-0.39, 0.29) is 16.9 Å². The van der Waals surface area contributed by atoms with Crippen molar-refractivity contribution in [2.75, 3.05) is 12.8 Å². The van der Waals surface area contributed by atoms with Crippen molar-refractivity contribution in [3.05, 3.63) is 35.7 Å². The zero-order chi connectivity index (χ0) is 17.6. The molecule has 1 fully saturated rings. The minimum absolute atomic E-state index is 0.0966. The molecule has 0 amide bonds. The molecule has 1 saturated carbocycles. The molecule has 4 rings (SSSR count). The van der Waals surface area contributed by atoms with Gasteiger partial charge in [-0.2, -0.15) is 5.26 Å². The monoisotopic (exact) mass is 339 g/mol. The van der Waals surface area contributed by atoms with Crippen LogP contribution in [0, 0.1) is 11.3 Å². The standard InChI is InChI=1S/C18H17N3O4/c1-23-17(22)16-15(20)11(9-19)10-21(16)12-4-5-13-14(8-12)25-18(24-13)6-2-3-7-18/h4-5,8,10H,2-3,6-7,20H2,1H3. The Morgan fingerprint density at radius 2 is 2.04 bits per heavy atom. The smallest absolute Gasteiger partial charge is 0.357 e. The molecule has 2 aromatic rings. The molecule has 1 aliphatic heterocycles. The first-order chi connectivity index (χ1) is 12.1. The summed E-state index contributed by atoms with van der Waals surface area (Å²) in [5.41, 5.74) is 7.01. The lowest BCUT2D eigenvalue weighted by molar-refractivity contribution is -0.0716. The quantitative estimate of drug-likeness (QED) is 0.845. The first-order valence-corrected chi connectivity index (χ1v) is 8.08. The highest BCUT2D eigenvalue weighted by atomic mass is 16.7. The van der Waals surface area contributed by atoms with Crippen LogP contribution in [0.1, 0.15) is 41.7 Å². The van der Waals surface area contributed by atoms with E-state index in [4.69, 9.17) is 19.9 Å². The van der Waals surface area contributed by atoms with Crippen molar-refractivity contribution >= 4 is 11.7 Å². The zero-order valence-electron chi connectivity index (χ0n) is 13.7. The summed E-state index contributed by atoms with van der Waals surface area (Å²) in [4.78, 5) is 12.1. The number of rotatable bonds is 2. The summed E-state index contributed by atoms with van der Waals surface area (Å²) < 4.78 is 18.4. The summed E-state index contributed by atoms with van der Waals surface area (Å²) in [7, 11) is 1.27. The fourth-order valence-corrected chi connectivity index (χ4v) is 3.47. The maximum atomic E-state index is 12.1. The molecule has 7 nitrogen and oxygen atoms in total. The van der Waals surface area contributed by atoms with Gasteiger partial charge in [0.15, 0.2) is 17.2 Å². The van der Waals surface area contributed by atoms with Crippen molar-refractivity contribution in [3.8, 4) is 23.3 Å². The number of nitrogen functional groups attached to an aromatic ring is 1. The van der Waals surface area contributed by atoms with E-state index in [0.717, 1.165) is 25.7 Å². The van der Waals surface area contributed by atoms with Gasteiger partial charge in [0.2, 0.25) is 0 Å². The molecule has 128 valence electrons. The molecular weight excluding hydrogens is 322 g/mol. The second-order valence-corrected chi connectivity index (χ2v) is 6.23. The first-order valence-electron chi connectivity index (χ1n) is 8.08. The third-order valence-corrected chi connectivity index (χ3v) is 4.71. The highest BCUT2D eigenvalue weighted by Gasteiger charge is 2.44. The fourth-order valence-electron chi connectivity index (χ4n) is 3.47. The third kappa shape index (κ3) is 2.30. The van der Waals surface area contributed by atoms with Gasteiger partial charge in [0.25, 0.3) is 5.79 Å². The Morgan fingerprint density at radius 3 is 2.72 bits per heavy atom.